The monoisotopic (exact) mass is 363 g/mol. The van der Waals surface area contributed by atoms with Crippen LogP contribution in [0.5, 0.6) is 0 Å². The highest BCUT2D eigenvalue weighted by molar-refractivity contribution is 6.02. The van der Waals surface area contributed by atoms with Gasteiger partial charge in [0.2, 0.25) is 0 Å². The Bertz CT molecular complexity index is 520. The molecule has 2 saturated carbocycles. The van der Waals surface area contributed by atoms with E-state index in [2.05, 4.69) is 4.90 Å². The smallest absolute Gasteiger partial charge is 0.324 e. The molecule has 4 aliphatic rings. The molecule has 2 aliphatic carbocycles. The summed E-state index contributed by atoms with van der Waals surface area (Å²) in [7, 11) is 0. The third kappa shape index (κ3) is 3.39. The van der Waals surface area contributed by atoms with E-state index in [0.29, 0.717) is 24.9 Å². The van der Waals surface area contributed by atoms with Gasteiger partial charge < -0.3 is 9.47 Å². The average Bonchev–Trinajstić information content (AvgIpc) is 3.12. The van der Waals surface area contributed by atoms with Crippen molar-refractivity contribution < 1.29 is 19.1 Å². The summed E-state index contributed by atoms with van der Waals surface area (Å²) in [6.45, 7) is 2.66. The van der Waals surface area contributed by atoms with Gasteiger partial charge in [-0.15, -0.1) is 0 Å². The molecule has 0 radical (unpaired) electrons. The summed E-state index contributed by atoms with van der Waals surface area (Å²) in [5.41, 5.74) is -1.02. The van der Waals surface area contributed by atoms with Crippen LogP contribution in [-0.4, -0.2) is 47.7 Å². The van der Waals surface area contributed by atoms with Crippen LogP contribution in [0.3, 0.4) is 0 Å². The Kier molecular flexibility index (Phi) is 5.27. The number of ether oxygens (including phenoxy) is 2. The van der Waals surface area contributed by atoms with E-state index in [4.69, 9.17) is 9.47 Å². The highest BCUT2D eigenvalue weighted by atomic mass is 16.6. The fourth-order valence-corrected chi connectivity index (χ4v) is 5.78. The summed E-state index contributed by atoms with van der Waals surface area (Å²) in [5.74, 6) is -0.705. The van der Waals surface area contributed by atoms with Crippen LogP contribution in [0.4, 0.5) is 0 Å². The van der Waals surface area contributed by atoms with Gasteiger partial charge in [0, 0.05) is 31.5 Å². The molecule has 5 heteroatoms. The lowest BCUT2D eigenvalue weighted by Gasteiger charge is -2.42. The Morgan fingerprint density at radius 1 is 0.846 bits per heavy atom. The van der Waals surface area contributed by atoms with E-state index in [1.807, 2.05) is 6.92 Å². The first kappa shape index (κ1) is 18.3. The van der Waals surface area contributed by atoms with E-state index in [1.54, 1.807) is 0 Å². The molecule has 26 heavy (non-hydrogen) atoms. The number of carbonyl (C=O) groups excluding carboxylic acids is 2. The van der Waals surface area contributed by atoms with Crippen molar-refractivity contribution in [2.75, 3.05) is 6.54 Å². The van der Waals surface area contributed by atoms with Crippen molar-refractivity contribution in [2.24, 2.45) is 5.41 Å². The van der Waals surface area contributed by atoms with Crippen LogP contribution in [0.2, 0.25) is 0 Å². The second-order valence-electron chi connectivity index (χ2n) is 9.01. The fraction of sp³-hybridized carbons (Fsp3) is 0.905. The molecule has 2 heterocycles. The minimum absolute atomic E-state index is 0.163. The third-order valence-corrected chi connectivity index (χ3v) is 7.08. The van der Waals surface area contributed by atoms with Crippen LogP contribution >= 0.6 is 0 Å². The zero-order valence-corrected chi connectivity index (χ0v) is 16.1. The van der Waals surface area contributed by atoms with Gasteiger partial charge in [0.25, 0.3) is 0 Å². The highest BCUT2D eigenvalue weighted by Crippen LogP contribution is 2.45. The first-order chi connectivity index (χ1) is 12.6. The van der Waals surface area contributed by atoms with Gasteiger partial charge in [-0.2, -0.15) is 0 Å². The normalized spacial score (nSPS) is 36.7. The highest BCUT2D eigenvalue weighted by Gasteiger charge is 2.60. The average molecular weight is 363 g/mol. The van der Waals surface area contributed by atoms with Crippen LogP contribution in [0.1, 0.15) is 84.0 Å². The van der Waals surface area contributed by atoms with Gasteiger partial charge >= 0.3 is 11.9 Å². The maximum Gasteiger partial charge on any atom is 0.324 e. The van der Waals surface area contributed by atoms with Crippen LogP contribution in [0.15, 0.2) is 0 Å². The van der Waals surface area contributed by atoms with E-state index in [9.17, 15) is 9.59 Å². The lowest BCUT2D eigenvalue weighted by Crippen LogP contribution is -2.48. The van der Waals surface area contributed by atoms with Gasteiger partial charge in [-0.3, -0.25) is 14.5 Å². The minimum atomic E-state index is -1.02. The number of hydrogen-bond acceptors (Lipinski definition) is 5. The SMILES string of the molecule is C[C@H]1C[C@]2(C[C@H](CN(C3CCCCC3)C3CCCCC3)OC2=O)C(=O)O1. The molecule has 0 aromatic heterocycles. The van der Waals surface area contributed by atoms with E-state index in [0.717, 1.165) is 6.54 Å². The molecule has 0 unspecified atom stereocenters. The summed E-state index contributed by atoms with van der Waals surface area (Å²) in [6, 6.07) is 1.24. The van der Waals surface area contributed by atoms with Gasteiger partial charge in [-0.1, -0.05) is 38.5 Å². The molecular weight excluding hydrogens is 330 g/mol. The molecule has 0 N–H and O–H groups in total. The zero-order valence-electron chi connectivity index (χ0n) is 16.1. The van der Waals surface area contributed by atoms with Gasteiger partial charge in [0.05, 0.1) is 0 Å². The van der Waals surface area contributed by atoms with Gasteiger partial charge in [-0.25, -0.2) is 0 Å². The molecule has 0 aromatic carbocycles. The largest absolute Gasteiger partial charge is 0.462 e. The Labute approximate surface area is 156 Å². The van der Waals surface area contributed by atoms with Gasteiger partial charge in [0.15, 0.2) is 5.41 Å². The van der Waals surface area contributed by atoms with E-state index < -0.39 is 5.41 Å². The Hall–Kier alpha value is -1.10. The third-order valence-electron chi connectivity index (χ3n) is 7.08. The molecule has 1 spiro atoms. The predicted octanol–water partition coefficient (Wildman–Crippen LogP) is 3.59. The van der Waals surface area contributed by atoms with Crippen molar-refractivity contribution in [1.29, 1.82) is 0 Å². The number of hydrogen-bond donors (Lipinski definition) is 0. The van der Waals surface area contributed by atoms with Crippen LogP contribution in [-0.2, 0) is 19.1 Å². The second-order valence-corrected chi connectivity index (χ2v) is 9.01. The van der Waals surface area contributed by atoms with E-state index in [-0.39, 0.29) is 24.1 Å². The Balaban J connectivity index is 1.47. The zero-order chi connectivity index (χ0) is 18.1. The van der Waals surface area contributed by atoms with Crippen molar-refractivity contribution in [3.63, 3.8) is 0 Å². The minimum Gasteiger partial charge on any atom is -0.462 e. The van der Waals surface area contributed by atoms with E-state index in [1.165, 1.54) is 64.2 Å². The molecule has 4 fully saturated rings. The van der Waals surface area contributed by atoms with Crippen molar-refractivity contribution >= 4 is 11.9 Å². The fourth-order valence-electron chi connectivity index (χ4n) is 5.78. The maximum atomic E-state index is 12.6. The number of carbonyl (C=O) groups is 2. The van der Waals surface area contributed by atoms with Crippen molar-refractivity contribution in [2.45, 2.75) is 108 Å². The molecule has 2 saturated heterocycles. The van der Waals surface area contributed by atoms with E-state index >= 15 is 0 Å². The standard InChI is InChI=1S/C21H33NO4/c1-15-12-21(19(23)25-15)13-18(26-20(21)24)14-22(16-8-4-2-5-9-16)17-10-6-3-7-11-17/h15-18H,2-14H2,1H3/t15-,18+,21-/m0/s1. The molecular formula is C21H33NO4. The van der Waals surface area contributed by atoms with Gasteiger partial charge in [-0.05, 0) is 32.6 Å². The number of cyclic esters (lactones) is 2. The number of nitrogens with zero attached hydrogens (tertiary/aromatic N) is 1. The summed E-state index contributed by atoms with van der Waals surface area (Å²) in [4.78, 5) is 27.5. The molecule has 4 rings (SSSR count). The molecule has 0 amide bonds. The maximum absolute atomic E-state index is 12.6. The summed E-state index contributed by atoms with van der Waals surface area (Å²) in [6.07, 6.45) is 13.6. The lowest BCUT2D eigenvalue weighted by molar-refractivity contribution is -0.158. The lowest BCUT2D eigenvalue weighted by atomic mass is 9.81. The summed E-state index contributed by atoms with van der Waals surface area (Å²) in [5, 5.41) is 0. The van der Waals surface area contributed by atoms with Crippen molar-refractivity contribution in [3.8, 4) is 0 Å². The molecule has 0 aromatic rings. The topological polar surface area (TPSA) is 55.8 Å². The van der Waals surface area contributed by atoms with Gasteiger partial charge in [0.1, 0.15) is 12.2 Å². The molecule has 2 aliphatic heterocycles. The predicted molar refractivity (Wildman–Crippen MR) is 97.6 cm³/mol. The van der Waals surface area contributed by atoms with Crippen molar-refractivity contribution in [1.82, 2.24) is 4.90 Å². The molecule has 5 nitrogen and oxygen atoms in total. The van der Waals surface area contributed by atoms with Crippen LogP contribution in [0, 0.1) is 5.41 Å². The van der Waals surface area contributed by atoms with Crippen LogP contribution < -0.4 is 0 Å². The molecule has 3 atom stereocenters. The van der Waals surface area contributed by atoms with Crippen molar-refractivity contribution in [3.05, 3.63) is 0 Å². The number of esters is 2. The molecule has 146 valence electrons. The Morgan fingerprint density at radius 2 is 1.38 bits per heavy atom. The molecule has 0 bridgehead atoms. The second kappa shape index (κ2) is 7.49. The summed E-state index contributed by atoms with van der Waals surface area (Å²) >= 11 is 0. The first-order valence-corrected chi connectivity index (χ1v) is 10.8. The number of rotatable bonds is 4. The summed E-state index contributed by atoms with van der Waals surface area (Å²) < 4.78 is 11.1. The quantitative estimate of drug-likeness (QED) is 0.564. The van der Waals surface area contributed by atoms with Crippen LogP contribution in [0.25, 0.3) is 0 Å². The Morgan fingerprint density at radius 3 is 1.88 bits per heavy atom. The first-order valence-electron chi connectivity index (χ1n) is 10.8.